The monoisotopic (exact) mass is 222 g/mol. The van der Waals surface area contributed by atoms with Crippen LogP contribution >= 0.6 is 0 Å². The Morgan fingerprint density at radius 3 is 2.62 bits per heavy atom. The predicted molar refractivity (Wildman–Crippen MR) is 66.4 cm³/mol. The van der Waals surface area contributed by atoms with Crippen LogP contribution in [0, 0.1) is 12.8 Å². The molecule has 1 atom stereocenters. The van der Waals surface area contributed by atoms with Gasteiger partial charge in [0.15, 0.2) is 0 Å². The average molecular weight is 222 g/mol. The Bertz CT molecular complexity index is 337. The van der Waals surface area contributed by atoms with Crippen LogP contribution in [-0.2, 0) is 6.54 Å². The van der Waals surface area contributed by atoms with Crippen molar-refractivity contribution in [2.75, 3.05) is 0 Å². The Labute approximate surface area is 98.0 Å². The van der Waals surface area contributed by atoms with Gasteiger partial charge in [-0.3, -0.25) is 4.98 Å². The van der Waals surface area contributed by atoms with Crippen LogP contribution in [0.4, 0.5) is 0 Å². The van der Waals surface area contributed by atoms with Crippen molar-refractivity contribution in [3.8, 4) is 5.75 Å². The van der Waals surface area contributed by atoms with Crippen molar-refractivity contribution >= 4 is 0 Å². The lowest BCUT2D eigenvalue weighted by Gasteiger charge is -2.18. The summed E-state index contributed by atoms with van der Waals surface area (Å²) in [4.78, 5) is 4.22. The first-order chi connectivity index (χ1) is 7.52. The van der Waals surface area contributed by atoms with Crippen LogP contribution in [-0.4, -0.2) is 11.1 Å². The summed E-state index contributed by atoms with van der Waals surface area (Å²) in [5, 5.41) is 0. The third-order valence-electron chi connectivity index (χ3n) is 2.43. The smallest absolute Gasteiger partial charge is 0.127 e. The Hall–Kier alpha value is -1.09. The van der Waals surface area contributed by atoms with E-state index in [1.54, 1.807) is 6.20 Å². The predicted octanol–water partition coefficient (Wildman–Crippen LogP) is 2.66. The van der Waals surface area contributed by atoms with E-state index < -0.39 is 0 Å². The lowest BCUT2D eigenvalue weighted by Crippen LogP contribution is -2.16. The molecular formula is C13H22N2O. The molecule has 1 aromatic rings. The van der Waals surface area contributed by atoms with Gasteiger partial charge in [0.25, 0.3) is 0 Å². The zero-order valence-electron chi connectivity index (χ0n) is 10.7. The number of nitrogens with two attached hydrogens (primary N) is 1. The van der Waals surface area contributed by atoms with Crippen LogP contribution in [0.15, 0.2) is 12.3 Å². The minimum Gasteiger partial charge on any atom is -0.490 e. The highest BCUT2D eigenvalue weighted by Gasteiger charge is 2.10. The van der Waals surface area contributed by atoms with Gasteiger partial charge in [0.2, 0.25) is 0 Å². The van der Waals surface area contributed by atoms with E-state index in [0.717, 1.165) is 23.4 Å². The lowest BCUT2D eigenvalue weighted by atomic mass is 10.1. The molecule has 2 N–H and O–H groups in total. The molecule has 1 aromatic heterocycles. The van der Waals surface area contributed by atoms with E-state index in [1.807, 2.05) is 13.0 Å². The molecule has 90 valence electrons. The van der Waals surface area contributed by atoms with E-state index in [9.17, 15) is 0 Å². The van der Waals surface area contributed by atoms with Crippen LogP contribution in [0.1, 0.15) is 38.4 Å². The van der Waals surface area contributed by atoms with Gasteiger partial charge in [-0.2, -0.15) is 0 Å². The molecule has 0 aliphatic rings. The van der Waals surface area contributed by atoms with Crippen LogP contribution in [0.5, 0.6) is 5.75 Å². The van der Waals surface area contributed by atoms with Gasteiger partial charge in [-0.1, -0.05) is 13.8 Å². The first-order valence-corrected chi connectivity index (χ1v) is 5.85. The SMILES string of the molecule is Cc1cc(OC(C)CC(C)C)c(CN)cn1. The highest BCUT2D eigenvalue weighted by molar-refractivity contribution is 5.32. The average Bonchev–Trinajstić information content (AvgIpc) is 2.16. The van der Waals surface area contributed by atoms with Crippen LogP contribution in [0.2, 0.25) is 0 Å². The molecule has 0 saturated carbocycles. The summed E-state index contributed by atoms with van der Waals surface area (Å²) in [6.45, 7) is 8.91. The van der Waals surface area contributed by atoms with Crippen molar-refractivity contribution in [3.05, 3.63) is 23.5 Å². The number of nitrogens with zero attached hydrogens (tertiary/aromatic N) is 1. The van der Waals surface area contributed by atoms with Crippen molar-refractivity contribution in [1.29, 1.82) is 0 Å². The molecule has 0 aliphatic heterocycles. The zero-order chi connectivity index (χ0) is 12.1. The summed E-state index contributed by atoms with van der Waals surface area (Å²) in [7, 11) is 0. The molecular weight excluding hydrogens is 200 g/mol. The molecule has 0 radical (unpaired) electrons. The second kappa shape index (κ2) is 5.85. The van der Waals surface area contributed by atoms with Gasteiger partial charge in [0, 0.05) is 30.1 Å². The Morgan fingerprint density at radius 1 is 1.38 bits per heavy atom. The molecule has 3 heteroatoms. The van der Waals surface area contributed by atoms with E-state index >= 15 is 0 Å². The summed E-state index contributed by atoms with van der Waals surface area (Å²) in [6.07, 6.45) is 3.06. The number of hydrogen-bond donors (Lipinski definition) is 1. The first kappa shape index (κ1) is 13.0. The standard InChI is InChI=1S/C13H22N2O/c1-9(2)5-11(4)16-13-6-10(3)15-8-12(13)7-14/h6,8-9,11H,5,7,14H2,1-4H3. The van der Waals surface area contributed by atoms with Gasteiger partial charge in [-0.05, 0) is 26.2 Å². The van der Waals surface area contributed by atoms with Gasteiger partial charge in [-0.25, -0.2) is 0 Å². The maximum absolute atomic E-state index is 5.91. The van der Waals surface area contributed by atoms with Gasteiger partial charge in [0.05, 0.1) is 6.10 Å². The van der Waals surface area contributed by atoms with Crippen molar-refractivity contribution in [1.82, 2.24) is 4.98 Å². The largest absolute Gasteiger partial charge is 0.490 e. The number of pyridine rings is 1. The Kier molecular flexibility index (Phi) is 4.74. The zero-order valence-corrected chi connectivity index (χ0v) is 10.7. The van der Waals surface area contributed by atoms with Crippen LogP contribution < -0.4 is 10.5 Å². The van der Waals surface area contributed by atoms with Crippen LogP contribution in [0.3, 0.4) is 0 Å². The topological polar surface area (TPSA) is 48.1 Å². The quantitative estimate of drug-likeness (QED) is 0.833. The first-order valence-electron chi connectivity index (χ1n) is 5.85. The molecule has 0 amide bonds. The Morgan fingerprint density at radius 2 is 2.06 bits per heavy atom. The molecule has 0 fully saturated rings. The van der Waals surface area contributed by atoms with Crippen molar-refractivity contribution in [2.45, 2.75) is 46.8 Å². The maximum atomic E-state index is 5.91. The molecule has 1 heterocycles. The maximum Gasteiger partial charge on any atom is 0.127 e. The molecule has 0 saturated heterocycles. The fraction of sp³-hybridized carbons (Fsp3) is 0.615. The molecule has 1 unspecified atom stereocenters. The molecule has 0 aliphatic carbocycles. The highest BCUT2D eigenvalue weighted by Crippen LogP contribution is 2.21. The number of aromatic nitrogens is 1. The van der Waals surface area contributed by atoms with E-state index in [2.05, 4.69) is 25.8 Å². The second-order valence-electron chi connectivity index (χ2n) is 4.70. The van der Waals surface area contributed by atoms with Gasteiger partial charge in [0.1, 0.15) is 5.75 Å². The summed E-state index contributed by atoms with van der Waals surface area (Å²) in [6, 6.07) is 1.96. The van der Waals surface area contributed by atoms with E-state index in [4.69, 9.17) is 10.5 Å². The fourth-order valence-corrected chi connectivity index (χ4v) is 1.75. The lowest BCUT2D eigenvalue weighted by molar-refractivity contribution is 0.191. The molecule has 0 aromatic carbocycles. The van der Waals surface area contributed by atoms with Crippen molar-refractivity contribution < 1.29 is 4.74 Å². The number of hydrogen-bond acceptors (Lipinski definition) is 3. The molecule has 0 bridgehead atoms. The number of rotatable bonds is 5. The summed E-state index contributed by atoms with van der Waals surface area (Å²) < 4.78 is 5.91. The highest BCUT2D eigenvalue weighted by atomic mass is 16.5. The number of ether oxygens (including phenoxy) is 1. The van der Waals surface area contributed by atoms with E-state index in [-0.39, 0.29) is 6.10 Å². The fourth-order valence-electron chi connectivity index (χ4n) is 1.75. The minimum atomic E-state index is 0.215. The molecule has 1 rings (SSSR count). The van der Waals surface area contributed by atoms with E-state index in [1.165, 1.54) is 0 Å². The summed E-state index contributed by atoms with van der Waals surface area (Å²) in [5.74, 6) is 1.52. The van der Waals surface area contributed by atoms with Crippen molar-refractivity contribution in [2.24, 2.45) is 11.7 Å². The molecule has 16 heavy (non-hydrogen) atoms. The normalized spacial score (nSPS) is 12.9. The summed E-state index contributed by atoms with van der Waals surface area (Å²) in [5.41, 5.74) is 7.59. The van der Waals surface area contributed by atoms with Crippen molar-refractivity contribution in [3.63, 3.8) is 0 Å². The third kappa shape index (κ3) is 3.81. The third-order valence-corrected chi connectivity index (χ3v) is 2.43. The second-order valence-corrected chi connectivity index (χ2v) is 4.70. The van der Waals surface area contributed by atoms with Gasteiger partial charge in [-0.15, -0.1) is 0 Å². The van der Waals surface area contributed by atoms with Gasteiger partial charge >= 0.3 is 0 Å². The number of aryl methyl sites for hydroxylation is 1. The minimum absolute atomic E-state index is 0.215. The van der Waals surface area contributed by atoms with Crippen LogP contribution in [0.25, 0.3) is 0 Å². The molecule has 3 nitrogen and oxygen atoms in total. The summed E-state index contributed by atoms with van der Waals surface area (Å²) >= 11 is 0. The van der Waals surface area contributed by atoms with E-state index in [0.29, 0.717) is 12.5 Å². The van der Waals surface area contributed by atoms with Gasteiger partial charge < -0.3 is 10.5 Å². The Balaban J connectivity index is 2.74. The molecule has 0 spiro atoms.